The van der Waals surface area contributed by atoms with Crippen molar-refractivity contribution in [1.82, 2.24) is 14.4 Å². The SMILES string of the molecule is CCCC(CC)c1cn2cc(C(N)=O)c(OC(C)C)nc2n1. The van der Waals surface area contributed by atoms with Gasteiger partial charge in [-0.25, -0.2) is 4.98 Å². The van der Waals surface area contributed by atoms with Gasteiger partial charge in [0, 0.05) is 18.3 Å². The number of amides is 1. The zero-order valence-corrected chi connectivity index (χ0v) is 13.7. The van der Waals surface area contributed by atoms with Crippen molar-refractivity contribution in [2.45, 2.75) is 59.0 Å². The molecule has 22 heavy (non-hydrogen) atoms. The molecule has 120 valence electrons. The summed E-state index contributed by atoms with van der Waals surface area (Å²) in [4.78, 5) is 20.6. The molecule has 0 aromatic carbocycles. The van der Waals surface area contributed by atoms with Crippen LogP contribution in [0, 0.1) is 0 Å². The zero-order valence-electron chi connectivity index (χ0n) is 13.7. The minimum atomic E-state index is -0.555. The Morgan fingerprint density at radius 2 is 2.05 bits per heavy atom. The highest BCUT2D eigenvalue weighted by Gasteiger charge is 2.18. The van der Waals surface area contributed by atoms with Gasteiger partial charge in [0.2, 0.25) is 11.7 Å². The van der Waals surface area contributed by atoms with Crippen molar-refractivity contribution >= 4 is 11.7 Å². The molecule has 1 amide bonds. The predicted molar refractivity (Wildman–Crippen MR) is 85.2 cm³/mol. The van der Waals surface area contributed by atoms with Crippen LogP contribution in [0.2, 0.25) is 0 Å². The van der Waals surface area contributed by atoms with Crippen LogP contribution in [0.5, 0.6) is 5.88 Å². The lowest BCUT2D eigenvalue weighted by atomic mass is 9.98. The van der Waals surface area contributed by atoms with Gasteiger partial charge in [-0.05, 0) is 26.7 Å². The summed E-state index contributed by atoms with van der Waals surface area (Å²) in [7, 11) is 0. The van der Waals surface area contributed by atoms with Crippen LogP contribution in [-0.4, -0.2) is 26.4 Å². The molecule has 0 saturated carbocycles. The number of nitrogens with two attached hydrogens (primary N) is 1. The van der Waals surface area contributed by atoms with Gasteiger partial charge in [0.15, 0.2) is 0 Å². The minimum absolute atomic E-state index is 0.0917. The van der Waals surface area contributed by atoms with E-state index in [2.05, 4.69) is 23.8 Å². The lowest BCUT2D eigenvalue weighted by Crippen LogP contribution is -2.17. The first kappa shape index (κ1) is 16.3. The highest BCUT2D eigenvalue weighted by molar-refractivity contribution is 5.95. The molecule has 0 radical (unpaired) electrons. The molecule has 6 heteroatoms. The van der Waals surface area contributed by atoms with E-state index in [1.807, 2.05) is 20.0 Å². The molecule has 2 N–H and O–H groups in total. The van der Waals surface area contributed by atoms with Gasteiger partial charge in [0.25, 0.3) is 5.91 Å². The molecule has 0 spiro atoms. The number of aromatic nitrogens is 3. The fourth-order valence-corrected chi connectivity index (χ4v) is 2.51. The van der Waals surface area contributed by atoms with E-state index in [9.17, 15) is 4.79 Å². The molecule has 2 aromatic rings. The fraction of sp³-hybridized carbons (Fsp3) is 0.562. The fourth-order valence-electron chi connectivity index (χ4n) is 2.51. The normalized spacial score (nSPS) is 12.8. The van der Waals surface area contributed by atoms with Crippen LogP contribution in [0.1, 0.15) is 68.9 Å². The second-order valence-corrected chi connectivity index (χ2v) is 5.76. The van der Waals surface area contributed by atoms with Crippen molar-refractivity contribution in [2.24, 2.45) is 5.73 Å². The Balaban J connectivity index is 2.49. The number of nitrogens with zero attached hydrogens (tertiary/aromatic N) is 3. The van der Waals surface area contributed by atoms with Gasteiger partial charge >= 0.3 is 0 Å². The molecule has 0 saturated heterocycles. The summed E-state index contributed by atoms with van der Waals surface area (Å²) in [5.41, 5.74) is 6.70. The molecule has 6 nitrogen and oxygen atoms in total. The van der Waals surface area contributed by atoms with Crippen molar-refractivity contribution in [3.05, 3.63) is 23.7 Å². The van der Waals surface area contributed by atoms with Crippen molar-refractivity contribution in [1.29, 1.82) is 0 Å². The van der Waals surface area contributed by atoms with Crippen LogP contribution in [0.25, 0.3) is 5.78 Å². The van der Waals surface area contributed by atoms with Gasteiger partial charge < -0.3 is 10.5 Å². The Bertz CT molecular complexity index is 663. The van der Waals surface area contributed by atoms with Crippen LogP contribution in [0.3, 0.4) is 0 Å². The number of hydrogen-bond donors (Lipinski definition) is 1. The second-order valence-electron chi connectivity index (χ2n) is 5.76. The number of carbonyl (C=O) groups is 1. The van der Waals surface area contributed by atoms with Crippen LogP contribution in [0.4, 0.5) is 0 Å². The largest absolute Gasteiger partial charge is 0.474 e. The van der Waals surface area contributed by atoms with Crippen LogP contribution < -0.4 is 10.5 Å². The third kappa shape index (κ3) is 3.37. The maximum Gasteiger partial charge on any atom is 0.255 e. The Morgan fingerprint density at radius 3 is 2.59 bits per heavy atom. The summed E-state index contributed by atoms with van der Waals surface area (Å²) >= 11 is 0. The second kappa shape index (κ2) is 6.77. The molecule has 1 unspecified atom stereocenters. The summed E-state index contributed by atoms with van der Waals surface area (Å²) in [5.74, 6) is 0.625. The molecule has 0 bridgehead atoms. The summed E-state index contributed by atoms with van der Waals surface area (Å²) in [6.07, 6.45) is 6.70. The monoisotopic (exact) mass is 304 g/mol. The molecule has 2 rings (SSSR count). The molecule has 1 atom stereocenters. The van der Waals surface area contributed by atoms with E-state index in [0.29, 0.717) is 11.7 Å². The summed E-state index contributed by atoms with van der Waals surface area (Å²) in [5, 5.41) is 0. The van der Waals surface area contributed by atoms with E-state index in [4.69, 9.17) is 10.5 Å². The number of hydrogen-bond acceptors (Lipinski definition) is 4. The summed E-state index contributed by atoms with van der Waals surface area (Å²) in [6.45, 7) is 8.07. The maximum absolute atomic E-state index is 11.6. The minimum Gasteiger partial charge on any atom is -0.474 e. The number of primary amides is 1. The van der Waals surface area contributed by atoms with E-state index < -0.39 is 5.91 Å². The van der Waals surface area contributed by atoms with Gasteiger partial charge in [0.1, 0.15) is 5.56 Å². The Labute approximate surface area is 130 Å². The zero-order chi connectivity index (χ0) is 16.3. The van der Waals surface area contributed by atoms with Gasteiger partial charge in [-0.15, -0.1) is 0 Å². The molecule has 0 aliphatic carbocycles. The molecule has 2 aromatic heterocycles. The first-order valence-electron chi connectivity index (χ1n) is 7.82. The average Bonchev–Trinajstić information content (AvgIpc) is 2.85. The standard InChI is InChI=1S/C16H24N4O2/c1-5-7-11(6-2)13-9-20-8-12(14(17)21)15(22-10(3)4)19-16(20)18-13/h8-11H,5-7H2,1-4H3,(H2,17,21). The van der Waals surface area contributed by atoms with Gasteiger partial charge in [-0.2, -0.15) is 4.98 Å². The van der Waals surface area contributed by atoms with Gasteiger partial charge in [-0.1, -0.05) is 20.3 Å². The number of fused-ring (bicyclic) bond motifs is 1. The van der Waals surface area contributed by atoms with Crippen LogP contribution in [0.15, 0.2) is 12.4 Å². The molecular formula is C16H24N4O2. The lowest BCUT2D eigenvalue weighted by molar-refractivity contribution is 0.0993. The van der Waals surface area contributed by atoms with Crippen molar-refractivity contribution in [2.75, 3.05) is 0 Å². The molecule has 0 aliphatic rings. The Hall–Kier alpha value is -2.11. The Morgan fingerprint density at radius 1 is 1.32 bits per heavy atom. The van der Waals surface area contributed by atoms with Gasteiger partial charge in [0.05, 0.1) is 11.8 Å². The third-order valence-electron chi connectivity index (χ3n) is 3.59. The third-order valence-corrected chi connectivity index (χ3v) is 3.59. The summed E-state index contributed by atoms with van der Waals surface area (Å²) < 4.78 is 7.34. The van der Waals surface area contributed by atoms with Crippen LogP contribution in [-0.2, 0) is 0 Å². The highest BCUT2D eigenvalue weighted by atomic mass is 16.5. The van der Waals surface area contributed by atoms with E-state index in [1.54, 1.807) is 10.6 Å². The molecule has 2 heterocycles. The highest BCUT2D eigenvalue weighted by Crippen LogP contribution is 2.25. The van der Waals surface area contributed by atoms with Crippen molar-refractivity contribution in [3.8, 4) is 5.88 Å². The van der Waals surface area contributed by atoms with Crippen molar-refractivity contribution < 1.29 is 9.53 Å². The maximum atomic E-state index is 11.6. The summed E-state index contributed by atoms with van der Waals surface area (Å²) in [6, 6.07) is 0. The number of rotatable bonds is 7. The van der Waals surface area contributed by atoms with Crippen LogP contribution >= 0.6 is 0 Å². The quantitative estimate of drug-likeness (QED) is 0.852. The predicted octanol–water partition coefficient (Wildman–Crippen LogP) is 2.91. The smallest absolute Gasteiger partial charge is 0.255 e. The van der Waals surface area contributed by atoms with E-state index >= 15 is 0 Å². The van der Waals surface area contributed by atoms with Gasteiger partial charge in [-0.3, -0.25) is 9.20 Å². The number of imidazole rings is 1. The number of carbonyl (C=O) groups excluding carboxylic acids is 1. The van der Waals surface area contributed by atoms with E-state index in [0.717, 1.165) is 25.0 Å². The first-order chi connectivity index (χ1) is 10.5. The van der Waals surface area contributed by atoms with E-state index in [1.165, 1.54) is 0 Å². The first-order valence-corrected chi connectivity index (χ1v) is 7.82. The molecule has 0 aliphatic heterocycles. The number of ether oxygens (including phenoxy) is 1. The Kier molecular flexibility index (Phi) is 5.00. The average molecular weight is 304 g/mol. The molecular weight excluding hydrogens is 280 g/mol. The van der Waals surface area contributed by atoms with Crippen molar-refractivity contribution in [3.63, 3.8) is 0 Å². The molecule has 0 fully saturated rings. The van der Waals surface area contributed by atoms with E-state index in [-0.39, 0.29) is 17.5 Å². The topological polar surface area (TPSA) is 82.5 Å². The lowest BCUT2D eigenvalue weighted by Gasteiger charge is -2.11.